The van der Waals surface area contributed by atoms with Gasteiger partial charge in [-0.3, -0.25) is 4.79 Å². The molecular formula is C20H16F4N2O3S. The summed E-state index contributed by atoms with van der Waals surface area (Å²) in [5.74, 6) is -3.57. The Morgan fingerprint density at radius 1 is 1.13 bits per heavy atom. The molecule has 2 aromatic carbocycles. The minimum absolute atomic E-state index is 0.0638. The van der Waals surface area contributed by atoms with E-state index in [1.807, 2.05) is 5.38 Å². The maximum Gasteiger partial charge on any atom is 0.387 e. The molecule has 1 amide bonds. The second-order valence-electron chi connectivity index (χ2n) is 6.08. The third-order valence-electron chi connectivity index (χ3n) is 4.02. The Kier molecular flexibility index (Phi) is 6.88. The van der Waals surface area contributed by atoms with E-state index >= 15 is 0 Å². The molecule has 10 heteroatoms. The van der Waals surface area contributed by atoms with Crippen molar-refractivity contribution in [1.29, 1.82) is 0 Å². The Labute approximate surface area is 173 Å². The van der Waals surface area contributed by atoms with Crippen LogP contribution in [0.4, 0.5) is 17.6 Å². The number of hydrogen-bond donors (Lipinski definition) is 1. The molecule has 0 aliphatic heterocycles. The molecule has 0 radical (unpaired) electrons. The third kappa shape index (κ3) is 5.26. The quantitative estimate of drug-likeness (QED) is 0.383. The van der Waals surface area contributed by atoms with Crippen LogP contribution in [0.5, 0.6) is 11.5 Å². The normalized spacial score (nSPS) is 11.0. The number of benzene rings is 2. The summed E-state index contributed by atoms with van der Waals surface area (Å²) in [6.07, 6.45) is 1.04. The van der Waals surface area contributed by atoms with Crippen LogP contribution < -0.4 is 15.2 Å². The molecule has 0 unspecified atom stereocenters. The van der Waals surface area contributed by atoms with E-state index in [2.05, 4.69) is 9.72 Å². The Morgan fingerprint density at radius 2 is 1.87 bits per heavy atom. The van der Waals surface area contributed by atoms with E-state index in [-0.39, 0.29) is 18.1 Å². The van der Waals surface area contributed by atoms with Gasteiger partial charge >= 0.3 is 6.61 Å². The molecule has 30 heavy (non-hydrogen) atoms. The van der Waals surface area contributed by atoms with Crippen molar-refractivity contribution in [2.24, 2.45) is 5.73 Å². The van der Waals surface area contributed by atoms with Crippen molar-refractivity contribution in [3.05, 3.63) is 64.0 Å². The van der Waals surface area contributed by atoms with Gasteiger partial charge in [0, 0.05) is 17.4 Å². The first-order valence-corrected chi connectivity index (χ1v) is 9.63. The van der Waals surface area contributed by atoms with Crippen molar-refractivity contribution in [1.82, 2.24) is 4.98 Å². The van der Waals surface area contributed by atoms with E-state index in [0.717, 1.165) is 22.7 Å². The summed E-state index contributed by atoms with van der Waals surface area (Å²) in [6.45, 7) is -2.76. The number of alkyl halides is 2. The molecule has 3 rings (SSSR count). The SMILES string of the molecule is NC(=O)c1c(F)ccc(OCCCc2nc(-c3ccc(OC(F)F)cc3)cs2)c1F. The molecule has 0 spiro atoms. The fraction of sp³-hybridized carbons (Fsp3) is 0.200. The van der Waals surface area contributed by atoms with Crippen molar-refractivity contribution in [3.8, 4) is 22.8 Å². The lowest BCUT2D eigenvalue weighted by atomic mass is 10.1. The number of nitrogens with zero attached hydrogens (tertiary/aromatic N) is 1. The molecule has 0 saturated heterocycles. The van der Waals surface area contributed by atoms with Crippen molar-refractivity contribution in [3.63, 3.8) is 0 Å². The molecular weight excluding hydrogens is 424 g/mol. The molecule has 5 nitrogen and oxygen atoms in total. The van der Waals surface area contributed by atoms with Gasteiger partial charge in [0.25, 0.3) is 5.91 Å². The maximum atomic E-state index is 14.1. The largest absolute Gasteiger partial charge is 0.490 e. The first-order chi connectivity index (χ1) is 14.3. The van der Waals surface area contributed by atoms with Gasteiger partial charge in [-0.15, -0.1) is 11.3 Å². The summed E-state index contributed by atoms with van der Waals surface area (Å²) < 4.78 is 61.6. The number of ether oxygens (including phenoxy) is 2. The molecule has 0 fully saturated rings. The van der Waals surface area contributed by atoms with Gasteiger partial charge in [0.1, 0.15) is 17.1 Å². The maximum absolute atomic E-state index is 14.1. The van der Waals surface area contributed by atoms with Crippen molar-refractivity contribution in [2.45, 2.75) is 19.5 Å². The average Bonchev–Trinajstić information content (AvgIpc) is 3.15. The molecule has 0 atom stereocenters. The highest BCUT2D eigenvalue weighted by molar-refractivity contribution is 7.09. The van der Waals surface area contributed by atoms with Gasteiger partial charge in [0.05, 0.1) is 17.3 Å². The number of halogens is 4. The Hall–Kier alpha value is -3.14. The lowest BCUT2D eigenvalue weighted by molar-refractivity contribution is -0.0498. The highest BCUT2D eigenvalue weighted by Crippen LogP contribution is 2.26. The second kappa shape index (κ2) is 9.57. The van der Waals surface area contributed by atoms with Gasteiger partial charge in [0.15, 0.2) is 11.6 Å². The van der Waals surface area contributed by atoms with Crippen LogP contribution in [0.15, 0.2) is 41.8 Å². The lowest BCUT2D eigenvalue weighted by Crippen LogP contribution is -2.16. The summed E-state index contributed by atoms with van der Waals surface area (Å²) >= 11 is 1.41. The number of primary amides is 1. The first kappa shape index (κ1) is 21.6. The van der Waals surface area contributed by atoms with E-state index in [0.29, 0.717) is 18.5 Å². The van der Waals surface area contributed by atoms with Crippen LogP contribution in [0.3, 0.4) is 0 Å². The monoisotopic (exact) mass is 440 g/mol. The zero-order chi connectivity index (χ0) is 21.7. The fourth-order valence-electron chi connectivity index (χ4n) is 2.64. The average molecular weight is 440 g/mol. The van der Waals surface area contributed by atoms with Gasteiger partial charge in [-0.05, 0) is 42.8 Å². The van der Waals surface area contributed by atoms with Crippen molar-refractivity contribution < 1.29 is 31.8 Å². The molecule has 2 N–H and O–H groups in total. The molecule has 0 bridgehead atoms. The second-order valence-corrected chi connectivity index (χ2v) is 7.02. The zero-order valence-corrected chi connectivity index (χ0v) is 16.2. The van der Waals surface area contributed by atoms with Crippen molar-refractivity contribution in [2.75, 3.05) is 6.61 Å². The van der Waals surface area contributed by atoms with Gasteiger partial charge in [-0.25, -0.2) is 13.8 Å². The molecule has 0 aliphatic carbocycles. The van der Waals surface area contributed by atoms with E-state index in [4.69, 9.17) is 10.5 Å². The summed E-state index contributed by atoms with van der Waals surface area (Å²) in [5.41, 5.74) is 5.58. The number of aromatic nitrogens is 1. The van der Waals surface area contributed by atoms with Crippen LogP contribution in [-0.2, 0) is 6.42 Å². The number of rotatable bonds is 9. The number of aryl methyl sites for hydroxylation is 1. The molecule has 158 valence electrons. The van der Waals surface area contributed by atoms with Gasteiger partial charge in [0.2, 0.25) is 0 Å². The number of nitrogens with two attached hydrogens (primary N) is 1. The Morgan fingerprint density at radius 3 is 2.53 bits per heavy atom. The zero-order valence-electron chi connectivity index (χ0n) is 15.4. The number of thiazole rings is 1. The molecule has 0 aliphatic rings. The molecule has 3 aromatic rings. The molecule has 0 saturated carbocycles. The number of amides is 1. The van der Waals surface area contributed by atoms with E-state index in [1.54, 1.807) is 12.1 Å². The predicted octanol–water partition coefficient (Wildman–Crippen LogP) is 4.80. The predicted molar refractivity (Wildman–Crippen MR) is 103 cm³/mol. The fourth-order valence-corrected chi connectivity index (χ4v) is 3.49. The van der Waals surface area contributed by atoms with Gasteiger partial charge in [-0.1, -0.05) is 0 Å². The molecule has 1 heterocycles. The van der Waals surface area contributed by atoms with Crippen LogP contribution in [0.2, 0.25) is 0 Å². The highest BCUT2D eigenvalue weighted by atomic mass is 32.1. The van der Waals surface area contributed by atoms with Crippen LogP contribution in [-0.4, -0.2) is 24.1 Å². The third-order valence-corrected chi connectivity index (χ3v) is 4.93. The number of carbonyl (C=O) groups excluding carboxylic acids is 1. The Balaban J connectivity index is 1.54. The summed E-state index contributed by atoms with van der Waals surface area (Å²) in [7, 11) is 0. The highest BCUT2D eigenvalue weighted by Gasteiger charge is 2.19. The van der Waals surface area contributed by atoms with Crippen LogP contribution >= 0.6 is 11.3 Å². The first-order valence-electron chi connectivity index (χ1n) is 8.75. The van der Waals surface area contributed by atoms with E-state index < -0.39 is 29.7 Å². The number of hydrogen-bond acceptors (Lipinski definition) is 5. The van der Waals surface area contributed by atoms with Crippen LogP contribution in [0.25, 0.3) is 11.3 Å². The van der Waals surface area contributed by atoms with E-state index in [1.165, 1.54) is 23.5 Å². The molecule has 1 aromatic heterocycles. The van der Waals surface area contributed by atoms with Crippen LogP contribution in [0.1, 0.15) is 21.8 Å². The van der Waals surface area contributed by atoms with Crippen LogP contribution in [0, 0.1) is 11.6 Å². The summed E-state index contributed by atoms with van der Waals surface area (Å²) in [4.78, 5) is 15.6. The smallest absolute Gasteiger partial charge is 0.387 e. The lowest BCUT2D eigenvalue weighted by Gasteiger charge is -2.09. The van der Waals surface area contributed by atoms with E-state index in [9.17, 15) is 22.4 Å². The summed E-state index contributed by atoms with van der Waals surface area (Å²) in [6, 6.07) is 8.15. The minimum Gasteiger partial charge on any atom is -0.490 e. The standard InChI is InChI=1S/C20H16F4N2O3S/c21-13-7-8-15(18(22)17(13)19(25)27)28-9-1-2-16-26-14(10-30-16)11-3-5-12(6-4-11)29-20(23)24/h3-8,10,20H,1-2,9H2,(H2,25,27). The summed E-state index contributed by atoms with van der Waals surface area (Å²) in [5, 5.41) is 2.64. The minimum atomic E-state index is -2.88. The topological polar surface area (TPSA) is 74.4 Å². The van der Waals surface area contributed by atoms with Gasteiger partial charge < -0.3 is 15.2 Å². The van der Waals surface area contributed by atoms with Gasteiger partial charge in [-0.2, -0.15) is 8.78 Å². The Bertz CT molecular complexity index is 1030. The van der Waals surface area contributed by atoms with Crippen molar-refractivity contribution >= 4 is 17.2 Å². The number of carbonyl (C=O) groups is 1.